The third-order valence-electron chi connectivity index (χ3n) is 3.97. The van der Waals surface area contributed by atoms with Gasteiger partial charge in [0, 0.05) is 12.7 Å². The minimum atomic E-state index is -3.57. The SMILES string of the molecule is COc1ccc(CCNS(=O)(=O)c2cnn(Cc3ccccc3)c2)cc1. The number of hydrogen-bond donors (Lipinski definition) is 1. The van der Waals surface area contributed by atoms with Crippen molar-refractivity contribution >= 4 is 10.0 Å². The average molecular weight is 371 g/mol. The van der Waals surface area contributed by atoms with E-state index in [0.717, 1.165) is 16.9 Å². The van der Waals surface area contributed by atoms with E-state index in [2.05, 4.69) is 9.82 Å². The van der Waals surface area contributed by atoms with Crippen LogP contribution in [0, 0.1) is 0 Å². The fraction of sp³-hybridized carbons (Fsp3) is 0.211. The lowest BCUT2D eigenvalue weighted by molar-refractivity contribution is 0.414. The van der Waals surface area contributed by atoms with Gasteiger partial charge in [-0.2, -0.15) is 5.10 Å². The van der Waals surface area contributed by atoms with Crippen LogP contribution in [-0.2, 0) is 23.0 Å². The Morgan fingerprint density at radius 2 is 1.77 bits per heavy atom. The molecule has 7 heteroatoms. The molecule has 0 unspecified atom stereocenters. The van der Waals surface area contributed by atoms with Gasteiger partial charge in [-0.1, -0.05) is 42.5 Å². The van der Waals surface area contributed by atoms with Gasteiger partial charge in [0.25, 0.3) is 0 Å². The zero-order valence-electron chi connectivity index (χ0n) is 14.5. The van der Waals surface area contributed by atoms with Crippen LogP contribution in [0.1, 0.15) is 11.1 Å². The second kappa shape index (κ2) is 8.16. The van der Waals surface area contributed by atoms with Crippen molar-refractivity contribution in [3.63, 3.8) is 0 Å². The molecule has 0 aliphatic rings. The molecule has 1 aromatic heterocycles. The van der Waals surface area contributed by atoms with Crippen molar-refractivity contribution in [3.8, 4) is 5.75 Å². The Morgan fingerprint density at radius 1 is 1.04 bits per heavy atom. The molecule has 0 bridgehead atoms. The number of benzene rings is 2. The summed E-state index contributed by atoms with van der Waals surface area (Å²) in [6.07, 6.45) is 3.52. The van der Waals surface area contributed by atoms with Gasteiger partial charge in [-0.05, 0) is 29.7 Å². The monoisotopic (exact) mass is 371 g/mol. The van der Waals surface area contributed by atoms with Gasteiger partial charge in [0.1, 0.15) is 10.6 Å². The van der Waals surface area contributed by atoms with Crippen LogP contribution in [0.3, 0.4) is 0 Å². The molecule has 1 heterocycles. The van der Waals surface area contributed by atoms with Crippen molar-refractivity contribution in [1.29, 1.82) is 0 Å². The number of nitrogens with zero attached hydrogens (tertiary/aromatic N) is 2. The highest BCUT2D eigenvalue weighted by molar-refractivity contribution is 7.89. The van der Waals surface area contributed by atoms with E-state index in [9.17, 15) is 8.42 Å². The van der Waals surface area contributed by atoms with Crippen LogP contribution in [0.4, 0.5) is 0 Å². The Hall–Kier alpha value is -2.64. The number of sulfonamides is 1. The first kappa shape index (κ1) is 18.2. The summed E-state index contributed by atoms with van der Waals surface area (Å²) in [6, 6.07) is 17.3. The summed E-state index contributed by atoms with van der Waals surface area (Å²) in [5.74, 6) is 0.778. The van der Waals surface area contributed by atoms with Crippen LogP contribution < -0.4 is 9.46 Å². The predicted octanol–water partition coefficient (Wildman–Crippen LogP) is 2.46. The van der Waals surface area contributed by atoms with Crippen molar-refractivity contribution in [3.05, 3.63) is 78.1 Å². The van der Waals surface area contributed by atoms with Crippen LogP contribution in [0.25, 0.3) is 0 Å². The second-order valence-corrected chi connectivity index (χ2v) is 7.62. The maximum absolute atomic E-state index is 12.4. The van der Waals surface area contributed by atoms with Crippen LogP contribution in [0.2, 0.25) is 0 Å². The lowest BCUT2D eigenvalue weighted by atomic mass is 10.1. The molecule has 136 valence electrons. The van der Waals surface area contributed by atoms with E-state index in [1.807, 2.05) is 54.6 Å². The Balaban J connectivity index is 1.57. The standard InChI is InChI=1S/C19H21N3O3S/c1-25-18-9-7-16(8-10-18)11-12-21-26(23,24)19-13-20-22(15-19)14-17-5-3-2-4-6-17/h2-10,13,15,21H,11-12,14H2,1H3. The number of hydrogen-bond acceptors (Lipinski definition) is 4. The van der Waals surface area contributed by atoms with E-state index >= 15 is 0 Å². The quantitative estimate of drug-likeness (QED) is 0.660. The minimum absolute atomic E-state index is 0.170. The molecule has 0 radical (unpaired) electrons. The van der Waals surface area contributed by atoms with E-state index in [1.54, 1.807) is 18.0 Å². The lowest BCUT2D eigenvalue weighted by Gasteiger charge is -2.06. The van der Waals surface area contributed by atoms with Crippen molar-refractivity contribution in [2.24, 2.45) is 0 Å². The number of nitrogens with one attached hydrogen (secondary N) is 1. The molecule has 0 fully saturated rings. The Bertz CT molecular complexity index is 936. The van der Waals surface area contributed by atoms with Gasteiger partial charge in [0.2, 0.25) is 10.0 Å². The van der Waals surface area contributed by atoms with Crippen molar-refractivity contribution in [2.45, 2.75) is 17.9 Å². The summed E-state index contributed by atoms with van der Waals surface area (Å²) in [5, 5.41) is 4.15. The van der Waals surface area contributed by atoms with Gasteiger partial charge in [0.15, 0.2) is 0 Å². The first-order valence-corrected chi connectivity index (χ1v) is 9.74. The summed E-state index contributed by atoms with van der Waals surface area (Å²) in [7, 11) is -1.96. The van der Waals surface area contributed by atoms with Gasteiger partial charge in [-0.25, -0.2) is 13.1 Å². The van der Waals surface area contributed by atoms with Crippen molar-refractivity contribution in [1.82, 2.24) is 14.5 Å². The third kappa shape index (κ3) is 4.71. The molecular formula is C19H21N3O3S. The third-order valence-corrected chi connectivity index (χ3v) is 5.39. The van der Waals surface area contributed by atoms with Gasteiger partial charge in [-0.15, -0.1) is 0 Å². The predicted molar refractivity (Wildman–Crippen MR) is 99.7 cm³/mol. The molecule has 0 aliphatic carbocycles. The summed E-state index contributed by atoms with van der Waals surface area (Å²) in [5.41, 5.74) is 2.10. The van der Waals surface area contributed by atoms with Gasteiger partial charge in [0.05, 0.1) is 19.9 Å². The maximum Gasteiger partial charge on any atom is 0.243 e. The molecule has 0 aliphatic heterocycles. The highest BCUT2D eigenvalue weighted by Crippen LogP contribution is 2.12. The van der Waals surface area contributed by atoms with Crippen LogP contribution in [-0.4, -0.2) is 31.9 Å². The fourth-order valence-electron chi connectivity index (χ4n) is 2.55. The molecule has 6 nitrogen and oxygen atoms in total. The molecule has 0 atom stereocenters. The fourth-order valence-corrected chi connectivity index (χ4v) is 3.53. The summed E-state index contributed by atoms with van der Waals surface area (Å²) < 4.78 is 34.2. The van der Waals surface area contributed by atoms with E-state index in [1.165, 1.54) is 6.20 Å². The first-order chi connectivity index (χ1) is 12.6. The number of rotatable bonds is 8. The summed E-state index contributed by atoms with van der Waals surface area (Å²) >= 11 is 0. The second-order valence-electron chi connectivity index (χ2n) is 5.86. The average Bonchev–Trinajstić information content (AvgIpc) is 3.12. The topological polar surface area (TPSA) is 73.2 Å². The van der Waals surface area contributed by atoms with E-state index in [-0.39, 0.29) is 4.90 Å². The molecule has 0 saturated carbocycles. The molecule has 0 amide bonds. The lowest BCUT2D eigenvalue weighted by Crippen LogP contribution is -2.25. The molecule has 0 saturated heterocycles. The molecule has 0 spiro atoms. The van der Waals surface area contributed by atoms with Gasteiger partial charge < -0.3 is 4.74 Å². The highest BCUT2D eigenvalue weighted by Gasteiger charge is 2.16. The Labute approximate surface area is 153 Å². The number of aromatic nitrogens is 2. The molecule has 26 heavy (non-hydrogen) atoms. The van der Waals surface area contributed by atoms with E-state index in [4.69, 9.17) is 4.74 Å². The molecule has 1 N–H and O–H groups in total. The van der Waals surface area contributed by atoms with Crippen molar-refractivity contribution < 1.29 is 13.2 Å². The zero-order chi connectivity index (χ0) is 18.4. The molecular weight excluding hydrogens is 350 g/mol. The summed E-state index contributed by atoms with van der Waals surface area (Å²) in [4.78, 5) is 0.170. The smallest absolute Gasteiger partial charge is 0.243 e. The first-order valence-electron chi connectivity index (χ1n) is 8.26. The molecule has 2 aromatic carbocycles. The molecule has 3 aromatic rings. The number of methoxy groups -OCH3 is 1. The van der Waals surface area contributed by atoms with Crippen molar-refractivity contribution in [2.75, 3.05) is 13.7 Å². The van der Waals surface area contributed by atoms with E-state index in [0.29, 0.717) is 19.5 Å². The normalized spacial score (nSPS) is 11.4. The maximum atomic E-state index is 12.4. The minimum Gasteiger partial charge on any atom is -0.497 e. The van der Waals surface area contributed by atoms with E-state index < -0.39 is 10.0 Å². The summed E-state index contributed by atoms with van der Waals surface area (Å²) in [6.45, 7) is 0.848. The van der Waals surface area contributed by atoms with Crippen LogP contribution in [0.5, 0.6) is 5.75 Å². The van der Waals surface area contributed by atoms with Crippen LogP contribution in [0.15, 0.2) is 71.9 Å². The van der Waals surface area contributed by atoms with Crippen LogP contribution >= 0.6 is 0 Å². The largest absolute Gasteiger partial charge is 0.497 e. The Kier molecular flexibility index (Phi) is 5.70. The van der Waals surface area contributed by atoms with Gasteiger partial charge in [-0.3, -0.25) is 4.68 Å². The highest BCUT2D eigenvalue weighted by atomic mass is 32.2. The number of ether oxygens (including phenoxy) is 1. The zero-order valence-corrected chi connectivity index (χ0v) is 15.3. The Morgan fingerprint density at radius 3 is 2.46 bits per heavy atom. The molecule has 3 rings (SSSR count). The van der Waals surface area contributed by atoms with Gasteiger partial charge >= 0.3 is 0 Å².